The SMILES string of the molecule is NC(=O)CC[C@@H]1CCCN(C(=O)c2ccc(Cl)o2)C1. The predicted molar refractivity (Wildman–Crippen MR) is 70.8 cm³/mol. The molecule has 6 heteroatoms. The molecule has 1 atom stereocenters. The van der Waals surface area contributed by atoms with Crippen LogP contribution in [0.1, 0.15) is 36.2 Å². The van der Waals surface area contributed by atoms with E-state index in [0.29, 0.717) is 25.4 Å². The quantitative estimate of drug-likeness (QED) is 0.919. The van der Waals surface area contributed by atoms with E-state index in [1.165, 1.54) is 0 Å². The van der Waals surface area contributed by atoms with Gasteiger partial charge in [0.25, 0.3) is 5.91 Å². The van der Waals surface area contributed by atoms with Gasteiger partial charge in [0.15, 0.2) is 11.0 Å². The number of furan rings is 1. The molecule has 19 heavy (non-hydrogen) atoms. The number of carbonyl (C=O) groups excluding carboxylic acids is 2. The van der Waals surface area contributed by atoms with Gasteiger partial charge >= 0.3 is 0 Å². The number of nitrogens with two attached hydrogens (primary N) is 1. The molecule has 0 aliphatic carbocycles. The highest BCUT2D eigenvalue weighted by atomic mass is 35.5. The van der Waals surface area contributed by atoms with Crippen molar-refractivity contribution in [2.45, 2.75) is 25.7 Å². The fraction of sp³-hybridized carbons (Fsp3) is 0.538. The van der Waals surface area contributed by atoms with Crippen LogP contribution in [0.25, 0.3) is 0 Å². The molecule has 0 bridgehead atoms. The first-order valence-corrected chi connectivity index (χ1v) is 6.77. The Morgan fingerprint density at radius 2 is 2.26 bits per heavy atom. The monoisotopic (exact) mass is 284 g/mol. The second-order valence-electron chi connectivity index (χ2n) is 4.87. The molecule has 5 nitrogen and oxygen atoms in total. The van der Waals surface area contributed by atoms with Crippen LogP contribution in [0.3, 0.4) is 0 Å². The molecule has 2 heterocycles. The van der Waals surface area contributed by atoms with Crippen molar-refractivity contribution >= 4 is 23.4 Å². The Balaban J connectivity index is 1.93. The summed E-state index contributed by atoms with van der Waals surface area (Å²) >= 11 is 5.67. The van der Waals surface area contributed by atoms with Gasteiger partial charge in [-0.05, 0) is 48.9 Å². The molecule has 0 aromatic carbocycles. The minimum Gasteiger partial charge on any atom is -0.440 e. The van der Waals surface area contributed by atoms with Crippen molar-refractivity contribution in [3.8, 4) is 0 Å². The minimum absolute atomic E-state index is 0.143. The van der Waals surface area contributed by atoms with Gasteiger partial charge in [-0.3, -0.25) is 9.59 Å². The zero-order valence-electron chi connectivity index (χ0n) is 10.6. The van der Waals surface area contributed by atoms with Gasteiger partial charge in [-0.2, -0.15) is 0 Å². The van der Waals surface area contributed by atoms with Crippen LogP contribution in [0.15, 0.2) is 16.5 Å². The number of hydrogen-bond donors (Lipinski definition) is 1. The van der Waals surface area contributed by atoms with Gasteiger partial charge in [-0.25, -0.2) is 0 Å². The topological polar surface area (TPSA) is 76.5 Å². The summed E-state index contributed by atoms with van der Waals surface area (Å²) in [6.45, 7) is 1.36. The molecule has 0 unspecified atom stereocenters. The minimum atomic E-state index is -0.290. The van der Waals surface area contributed by atoms with Gasteiger partial charge < -0.3 is 15.1 Å². The Morgan fingerprint density at radius 3 is 2.89 bits per heavy atom. The Labute approximate surface area is 116 Å². The third-order valence-corrected chi connectivity index (χ3v) is 3.59. The standard InChI is InChI=1S/C13H17ClN2O3/c14-11-5-4-10(19-11)13(18)16-7-1-2-9(8-16)3-6-12(15)17/h4-5,9H,1-3,6-8H2,(H2,15,17)/t9-/m0/s1. The molecule has 1 aromatic heterocycles. The van der Waals surface area contributed by atoms with Crippen LogP contribution >= 0.6 is 11.6 Å². The second kappa shape index (κ2) is 6.10. The second-order valence-corrected chi connectivity index (χ2v) is 5.24. The van der Waals surface area contributed by atoms with Crippen LogP contribution in [0.5, 0.6) is 0 Å². The van der Waals surface area contributed by atoms with Gasteiger partial charge in [0.2, 0.25) is 5.91 Å². The number of piperidine rings is 1. The fourth-order valence-corrected chi connectivity index (χ4v) is 2.56. The van der Waals surface area contributed by atoms with Crippen LogP contribution in [0, 0.1) is 5.92 Å². The van der Waals surface area contributed by atoms with E-state index in [-0.39, 0.29) is 22.8 Å². The van der Waals surface area contributed by atoms with Crippen molar-refractivity contribution in [1.29, 1.82) is 0 Å². The van der Waals surface area contributed by atoms with E-state index in [1.54, 1.807) is 17.0 Å². The molecule has 1 aliphatic rings. The van der Waals surface area contributed by atoms with E-state index in [2.05, 4.69) is 0 Å². The summed E-state index contributed by atoms with van der Waals surface area (Å²) in [5.74, 6) is 0.160. The van der Waals surface area contributed by atoms with Gasteiger partial charge in [0.05, 0.1) is 0 Å². The van der Waals surface area contributed by atoms with Crippen molar-refractivity contribution in [1.82, 2.24) is 4.90 Å². The zero-order chi connectivity index (χ0) is 13.8. The Kier molecular flexibility index (Phi) is 4.47. The number of carbonyl (C=O) groups is 2. The lowest BCUT2D eigenvalue weighted by Crippen LogP contribution is -2.40. The van der Waals surface area contributed by atoms with Crippen molar-refractivity contribution in [2.75, 3.05) is 13.1 Å². The lowest BCUT2D eigenvalue weighted by atomic mass is 9.93. The van der Waals surface area contributed by atoms with Gasteiger partial charge in [0, 0.05) is 19.5 Å². The third-order valence-electron chi connectivity index (χ3n) is 3.39. The van der Waals surface area contributed by atoms with E-state index in [4.69, 9.17) is 21.8 Å². The maximum Gasteiger partial charge on any atom is 0.289 e. The molecular formula is C13H17ClN2O3. The van der Waals surface area contributed by atoms with Crippen LogP contribution in [-0.2, 0) is 4.79 Å². The molecule has 2 rings (SSSR count). The summed E-state index contributed by atoms with van der Waals surface area (Å²) in [4.78, 5) is 24.7. The molecule has 2 N–H and O–H groups in total. The van der Waals surface area contributed by atoms with Crippen molar-refractivity contribution < 1.29 is 14.0 Å². The van der Waals surface area contributed by atoms with Crippen LogP contribution in [0.4, 0.5) is 0 Å². The Morgan fingerprint density at radius 1 is 1.47 bits per heavy atom. The van der Waals surface area contributed by atoms with Crippen molar-refractivity contribution in [2.24, 2.45) is 11.7 Å². The maximum absolute atomic E-state index is 12.2. The van der Waals surface area contributed by atoms with E-state index in [9.17, 15) is 9.59 Å². The zero-order valence-corrected chi connectivity index (χ0v) is 11.4. The number of likely N-dealkylation sites (tertiary alicyclic amines) is 1. The predicted octanol–water partition coefficient (Wildman–Crippen LogP) is 2.05. The Bertz CT molecular complexity index is 472. The van der Waals surface area contributed by atoms with E-state index >= 15 is 0 Å². The van der Waals surface area contributed by atoms with Crippen molar-refractivity contribution in [3.63, 3.8) is 0 Å². The average Bonchev–Trinajstić information content (AvgIpc) is 2.82. The summed E-state index contributed by atoms with van der Waals surface area (Å²) in [6, 6.07) is 3.14. The van der Waals surface area contributed by atoms with Crippen LogP contribution < -0.4 is 5.73 Å². The molecule has 104 valence electrons. The molecule has 0 radical (unpaired) electrons. The first kappa shape index (κ1) is 13.9. The van der Waals surface area contributed by atoms with E-state index < -0.39 is 0 Å². The molecular weight excluding hydrogens is 268 g/mol. The summed E-state index contributed by atoms with van der Waals surface area (Å²) in [7, 11) is 0. The number of amides is 2. The molecule has 1 saturated heterocycles. The van der Waals surface area contributed by atoms with E-state index in [1.807, 2.05) is 0 Å². The normalized spacial score (nSPS) is 19.4. The smallest absolute Gasteiger partial charge is 0.289 e. The van der Waals surface area contributed by atoms with E-state index in [0.717, 1.165) is 19.3 Å². The number of nitrogens with zero attached hydrogens (tertiary/aromatic N) is 1. The highest BCUT2D eigenvalue weighted by molar-refractivity contribution is 6.29. The lowest BCUT2D eigenvalue weighted by molar-refractivity contribution is -0.118. The fourth-order valence-electron chi connectivity index (χ4n) is 2.42. The summed E-state index contributed by atoms with van der Waals surface area (Å²) < 4.78 is 5.13. The lowest BCUT2D eigenvalue weighted by Gasteiger charge is -2.32. The van der Waals surface area contributed by atoms with Crippen LogP contribution in [-0.4, -0.2) is 29.8 Å². The maximum atomic E-state index is 12.2. The Hall–Kier alpha value is -1.49. The number of hydrogen-bond acceptors (Lipinski definition) is 3. The highest BCUT2D eigenvalue weighted by Crippen LogP contribution is 2.23. The largest absolute Gasteiger partial charge is 0.440 e. The average molecular weight is 285 g/mol. The third kappa shape index (κ3) is 3.73. The summed E-state index contributed by atoms with van der Waals surface area (Å²) in [5.41, 5.74) is 5.15. The first-order chi connectivity index (χ1) is 9.06. The van der Waals surface area contributed by atoms with Crippen molar-refractivity contribution in [3.05, 3.63) is 23.1 Å². The molecule has 0 saturated carbocycles. The van der Waals surface area contributed by atoms with Crippen LogP contribution in [0.2, 0.25) is 5.22 Å². The number of halogens is 1. The van der Waals surface area contributed by atoms with Gasteiger partial charge in [0.1, 0.15) is 0 Å². The molecule has 0 spiro atoms. The molecule has 1 aliphatic heterocycles. The molecule has 1 fully saturated rings. The van der Waals surface area contributed by atoms with Gasteiger partial charge in [-0.1, -0.05) is 0 Å². The molecule has 2 amide bonds. The number of rotatable bonds is 4. The highest BCUT2D eigenvalue weighted by Gasteiger charge is 2.26. The number of primary amides is 1. The first-order valence-electron chi connectivity index (χ1n) is 6.39. The molecule has 1 aromatic rings. The summed E-state index contributed by atoms with van der Waals surface area (Å²) in [5, 5.41) is 0.214. The summed E-state index contributed by atoms with van der Waals surface area (Å²) in [6.07, 6.45) is 3.07. The van der Waals surface area contributed by atoms with Gasteiger partial charge in [-0.15, -0.1) is 0 Å².